The summed E-state index contributed by atoms with van der Waals surface area (Å²) in [6, 6.07) is 15.8. The summed E-state index contributed by atoms with van der Waals surface area (Å²) in [4.78, 5) is 8.56. The molecular formula is C30H28F4N8O2. The van der Waals surface area contributed by atoms with Gasteiger partial charge in [0, 0.05) is 11.6 Å². The lowest BCUT2D eigenvalue weighted by molar-refractivity contribution is -0.161. The van der Waals surface area contributed by atoms with Gasteiger partial charge in [-0.3, -0.25) is 0 Å². The number of nitrogens with zero attached hydrogens (tertiary/aromatic N) is 5. The Morgan fingerprint density at radius 2 is 1.84 bits per heavy atom. The molecule has 2 aromatic carbocycles. The molecule has 0 aliphatic heterocycles. The summed E-state index contributed by atoms with van der Waals surface area (Å²) in [6.45, 7) is 0.517. The first-order valence-corrected chi connectivity index (χ1v) is 14.2. The maximum Gasteiger partial charge on any atom is 0.400 e. The molecule has 3 aromatic heterocycles. The molecule has 0 amide bonds. The van der Waals surface area contributed by atoms with E-state index in [9.17, 15) is 13.2 Å². The van der Waals surface area contributed by atoms with Crippen LogP contribution in [-0.4, -0.2) is 43.9 Å². The number of nitrogen functional groups attached to an aromatic ring is 1. The Morgan fingerprint density at radius 3 is 2.57 bits per heavy atom. The monoisotopic (exact) mass is 608 g/mol. The van der Waals surface area contributed by atoms with Crippen molar-refractivity contribution in [3.8, 4) is 11.3 Å². The molecule has 0 atom stereocenters. The highest BCUT2D eigenvalue weighted by Crippen LogP contribution is 2.58. The minimum absolute atomic E-state index is 0.0164. The maximum atomic E-state index is 15.2. The Kier molecular flexibility index (Phi) is 6.87. The first-order valence-electron chi connectivity index (χ1n) is 14.2. The third kappa shape index (κ3) is 5.08. The van der Waals surface area contributed by atoms with E-state index < -0.39 is 17.4 Å². The van der Waals surface area contributed by atoms with Crippen LogP contribution in [0.25, 0.3) is 22.3 Å². The quantitative estimate of drug-likeness (QED) is 0.125. The van der Waals surface area contributed by atoms with Crippen LogP contribution in [0.3, 0.4) is 0 Å². The summed E-state index contributed by atoms with van der Waals surface area (Å²) in [5.74, 6) is -0.270. The molecule has 44 heavy (non-hydrogen) atoms. The Hall–Kier alpha value is -4.72. The molecule has 0 unspecified atom stereocenters. The van der Waals surface area contributed by atoms with Gasteiger partial charge in [-0.2, -0.15) is 18.3 Å². The van der Waals surface area contributed by atoms with E-state index >= 15 is 4.39 Å². The van der Waals surface area contributed by atoms with Crippen molar-refractivity contribution < 1.29 is 26.8 Å². The SMILES string of the molecule is Nc1ncnc2c1c(-c1ccc(NCNc3cc(C4(C(F)(F)F)CC4)no3)c(F)c1)nn2C1CC(OCc2ccccc2)C1. The van der Waals surface area contributed by atoms with E-state index in [1.807, 2.05) is 35.0 Å². The lowest BCUT2D eigenvalue weighted by atomic mass is 9.89. The molecule has 0 saturated heterocycles. The lowest BCUT2D eigenvalue weighted by Gasteiger charge is -2.35. The minimum atomic E-state index is -4.39. The number of rotatable bonds is 10. The average Bonchev–Trinajstić information content (AvgIpc) is 3.53. The van der Waals surface area contributed by atoms with Crippen molar-refractivity contribution in [1.29, 1.82) is 0 Å². The smallest absolute Gasteiger partial charge is 0.383 e. The average molecular weight is 609 g/mol. The molecule has 2 aliphatic rings. The Labute approximate surface area is 248 Å². The Bertz CT molecular complexity index is 1800. The van der Waals surface area contributed by atoms with Crippen molar-refractivity contribution in [2.45, 2.75) is 56.0 Å². The van der Waals surface area contributed by atoms with Gasteiger partial charge in [-0.1, -0.05) is 41.6 Å². The number of anilines is 3. The van der Waals surface area contributed by atoms with Gasteiger partial charge in [-0.25, -0.2) is 19.0 Å². The molecule has 2 aliphatic carbocycles. The fourth-order valence-corrected chi connectivity index (χ4v) is 5.54. The number of fused-ring (bicyclic) bond motifs is 1. The Balaban J connectivity index is 1.02. The molecule has 2 saturated carbocycles. The molecular weight excluding hydrogens is 580 g/mol. The highest BCUT2D eigenvalue weighted by Gasteiger charge is 2.66. The number of hydrogen-bond acceptors (Lipinski definition) is 9. The lowest BCUT2D eigenvalue weighted by Crippen LogP contribution is -2.34. The van der Waals surface area contributed by atoms with Crippen LogP contribution in [-0.2, 0) is 16.8 Å². The number of benzene rings is 2. The number of hydrogen-bond donors (Lipinski definition) is 3. The topological polar surface area (TPSA) is 129 Å². The van der Waals surface area contributed by atoms with Crippen LogP contribution in [0.15, 0.2) is 65.4 Å². The van der Waals surface area contributed by atoms with Crippen molar-refractivity contribution in [3.63, 3.8) is 0 Å². The van der Waals surface area contributed by atoms with Gasteiger partial charge in [0.25, 0.3) is 0 Å². The third-order valence-electron chi connectivity index (χ3n) is 8.34. The zero-order valence-corrected chi connectivity index (χ0v) is 23.3. The zero-order chi connectivity index (χ0) is 30.5. The summed E-state index contributed by atoms with van der Waals surface area (Å²) in [6.07, 6.45) is -1.46. The van der Waals surface area contributed by atoms with Gasteiger partial charge in [-0.15, -0.1) is 0 Å². The van der Waals surface area contributed by atoms with Crippen molar-refractivity contribution in [2.24, 2.45) is 0 Å². The van der Waals surface area contributed by atoms with E-state index in [1.165, 1.54) is 18.5 Å². The second kappa shape index (κ2) is 10.8. The second-order valence-electron chi connectivity index (χ2n) is 11.2. The fraction of sp³-hybridized carbons (Fsp3) is 0.333. The van der Waals surface area contributed by atoms with E-state index in [1.54, 1.807) is 12.1 Å². The summed E-state index contributed by atoms with van der Waals surface area (Å²) in [5, 5.41) is 14.6. The predicted molar refractivity (Wildman–Crippen MR) is 154 cm³/mol. The molecule has 4 N–H and O–H groups in total. The molecule has 0 radical (unpaired) electrons. The highest BCUT2D eigenvalue weighted by molar-refractivity contribution is 5.98. The molecule has 0 bridgehead atoms. The number of aromatic nitrogens is 5. The maximum absolute atomic E-state index is 15.2. The van der Waals surface area contributed by atoms with Gasteiger partial charge in [0.05, 0.1) is 36.5 Å². The molecule has 5 aromatic rings. The molecule has 10 nitrogen and oxygen atoms in total. The molecule has 228 valence electrons. The first-order chi connectivity index (χ1) is 21.2. The van der Waals surface area contributed by atoms with Crippen molar-refractivity contribution in [3.05, 3.63) is 78.0 Å². The van der Waals surface area contributed by atoms with E-state index in [2.05, 4.69) is 25.8 Å². The molecule has 3 heterocycles. The van der Waals surface area contributed by atoms with E-state index in [0.29, 0.717) is 28.9 Å². The molecule has 14 heteroatoms. The summed E-state index contributed by atoms with van der Waals surface area (Å²) in [7, 11) is 0. The second-order valence-corrected chi connectivity index (χ2v) is 11.2. The van der Waals surface area contributed by atoms with Gasteiger partial charge in [0.15, 0.2) is 5.65 Å². The Morgan fingerprint density at radius 1 is 1.05 bits per heavy atom. The van der Waals surface area contributed by atoms with Crippen LogP contribution < -0.4 is 16.4 Å². The molecule has 2 fully saturated rings. The fourth-order valence-electron chi connectivity index (χ4n) is 5.54. The number of halogens is 4. The normalized spacial score (nSPS) is 19.1. The van der Waals surface area contributed by atoms with Gasteiger partial charge in [0.2, 0.25) is 5.88 Å². The van der Waals surface area contributed by atoms with Crippen LogP contribution in [0.2, 0.25) is 0 Å². The first kappa shape index (κ1) is 28.1. The number of alkyl halides is 3. The van der Waals surface area contributed by atoms with Crippen molar-refractivity contribution in [1.82, 2.24) is 24.9 Å². The number of ether oxygens (including phenoxy) is 1. The number of nitrogens with two attached hydrogens (primary N) is 1. The van der Waals surface area contributed by atoms with Gasteiger partial charge in [0.1, 0.15) is 34.8 Å². The van der Waals surface area contributed by atoms with Gasteiger partial charge in [-0.05, 0) is 43.4 Å². The van der Waals surface area contributed by atoms with Crippen LogP contribution in [0.4, 0.5) is 35.0 Å². The van der Waals surface area contributed by atoms with Crippen LogP contribution in [0.5, 0.6) is 0 Å². The summed E-state index contributed by atoms with van der Waals surface area (Å²) in [5.41, 5.74) is 6.93. The zero-order valence-electron chi connectivity index (χ0n) is 23.3. The van der Waals surface area contributed by atoms with E-state index in [-0.39, 0.29) is 54.7 Å². The van der Waals surface area contributed by atoms with E-state index in [0.717, 1.165) is 18.4 Å². The molecule has 7 rings (SSSR count). The van der Waals surface area contributed by atoms with Gasteiger partial charge >= 0.3 is 6.18 Å². The summed E-state index contributed by atoms with van der Waals surface area (Å²) < 4.78 is 68.2. The summed E-state index contributed by atoms with van der Waals surface area (Å²) >= 11 is 0. The molecule has 0 spiro atoms. The standard InChI is InChI=1S/C30H28F4N8O2/c31-21-10-18(6-7-22(21)36-15-37-24-13-23(41-44-24)29(8-9-29)30(32,33)34)26-25-27(35)38-16-39-28(25)42(40-26)19-11-20(12-19)43-14-17-4-2-1-3-5-17/h1-7,10,13,16,19-20,36-37H,8-9,11-12,14-15H2,(H2,35,38,39). The van der Waals surface area contributed by atoms with Crippen molar-refractivity contribution >= 4 is 28.4 Å². The minimum Gasteiger partial charge on any atom is -0.383 e. The third-order valence-corrected chi connectivity index (χ3v) is 8.34. The van der Waals surface area contributed by atoms with Gasteiger partial charge < -0.3 is 25.6 Å². The van der Waals surface area contributed by atoms with Crippen molar-refractivity contribution in [2.75, 3.05) is 23.0 Å². The highest BCUT2D eigenvalue weighted by atomic mass is 19.4. The van der Waals surface area contributed by atoms with Crippen LogP contribution in [0, 0.1) is 5.82 Å². The largest absolute Gasteiger partial charge is 0.400 e. The predicted octanol–water partition coefficient (Wildman–Crippen LogP) is 6.20. The van der Waals surface area contributed by atoms with E-state index in [4.69, 9.17) is 20.1 Å². The van der Waals surface area contributed by atoms with Crippen LogP contribution in [0.1, 0.15) is 43.0 Å². The number of nitrogens with one attached hydrogen (secondary N) is 2. The van der Waals surface area contributed by atoms with Crippen LogP contribution >= 0.6 is 0 Å².